The zero-order chi connectivity index (χ0) is 21.7. The first-order valence-electron chi connectivity index (χ1n) is 9.11. The molecule has 6 nitrogen and oxygen atoms in total. The van der Waals surface area contributed by atoms with E-state index in [4.69, 9.17) is 4.42 Å². The van der Waals surface area contributed by atoms with Crippen LogP contribution in [0, 0.1) is 12.7 Å². The minimum absolute atomic E-state index is 0.00716. The quantitative estimate of drug-likeness (QED) is 0.496. The van der Waals surface area contributed by atoms with Crippen LogP contribution in [0.1, 0.15) is 27.2 Å². The van der Waals surface area contributed by atoms with Crippen LogP contribution in [0.3, 0.4) is 0 Å². The predicted molar refractivity (Wildman–Crippen MR) is 114 cm³/mol. The van der Waals surface area contributed by atoms with E-state index in [2.05, 4.69) is 26.0 Å². The normalized spacial score (nSPS) is 11.4. The number of aryl methyl sites for hydroxylation is 1. The molecule has 0 saturated carbocycles. The molecular weight excluding hydrogens is 475 g/mol. The van der Waals surface area contributed by atoms with Gasteiger partial charge in [-0.1, -0.05) is 12.1 Å². The largest absolute Gasteiger partial charge is 0.468 e. The van der Waals surface area contributed by atoms with E-state index in [1.54, 1.807) is 37.3 Å². The van der Waals surface area contributed by atoms with Gasteiger partial charge in [0.2, 0.25) is 10.0 Å². The van der Waals surface area contributed by atoms with Crippen molar-refractivity contribution in [1.82, 2.24) is 10.0 Å². The first-order chi connectivity index (χ1) is 14.3. The number of halogens is 2. The van der Waals surface area contributed by atoms with Crippen LogP contribution in [0.5, 0.6) is 0 Å². The molecule has 1 amide bonds. The predicted octanol–water partition coefficient (Wildman–Crippen LogP) is 3.94. The average molecular weight is 495 g/mol. The molecule has 0 spiro atoms. The van der Waals surface area contributed by atoms with Crippen molar-refractivity contribution in [3.63, 3.8) is 0 Å². The van der Waals surface area contributed by atoms with E-state index >= 15 is 0 Å². The summed E-state index contributed by atoms with van der Waals surface area (Å²) < 4.78 is 46.4. The number of benzene rings is 2. The molecule has 1 heterocycles. The van der Waals surface area contributed by atoms with Crippen LogP contribution >= 0.6 is 15.9 Å². The summed E-state index contributed by atoms with van der Waals surface area (Å²) in [6.45, 7) is 2.07. The Morgan fingerprint density at radius 2 is 1.97 bits per heavy atom. The Hall–Kier alpha value is -2.49. The fraction of sp³-hybridized carbons (Fsp3) is 0.190. The van der Waals surface area contributed by atoms with Crippen molar-refractivity contribution in [3.8, 4) is 0 Å². The molecule has 0 aliphatic rings. The van der Waals surface area contributed by atoms with Gasteiger partial charge >= 0.3 is 0 Å². The van der Waals surface area contributed by atoms with Crippen LogP contribution in [-0.2, 0) is 23.0 Å². The molecule has 3 aromatic rings. The van der Waals surface area contributed by atoms with Gasteiger partial charge in [-0.3, -0.25) is 4.79 Å². The van der Waals surface area contributed by atoms with Gasteiger partial charge in [0.15, 0.2) is 0 Å². The molecule has 0 atom stereocenters. The molecule has 158 valence electrons. The number of carbonyl (C=O) groups is 1. The minimum atomic E-state index is -3.81. The molecule has 30 heavy (non-hydrogen) atoms. The third kappa shape index (κ3) is 5.56. The fourth-order valence-electron chi connectivity index (χ4n) is 2.79. The van der Waals surface area contributed by atoms with Crippen LogP contribution in [0.2, 0.25) is 0 Å². The van der Waals surface area contributed by atoms with Gasteiger partial charge in [-0.2, -0.15) is 0 Å². The summed E-state index contributed by atoms with van der Waals surface area (Å²) in [5, 5.41) is 2.78. The van der Waals surface area contributed by atoms with Crippen molar-refractivity contribution in [1.29, 1.82) is 0 Å². The molecule has 3 rings (SSSR count). The molecule has 0 fully saturated rings. The maximum absolute atomic E-state index is 13.3. The molecule has 0 unspecified atom stereocenters. The molecule has 0 bridgehead atoms. The zero-order valence-corrected chi connectivity index (χ0v) is 18.5. The van der Waals surface area contributed by atoms with Gasteiger partial charge in [0.25, 0.3) is 5.91 Å². The van der Waals surface area contributed by atoms with Crippen molar-refractivity contribution in [3.05, 3.63) is 87.5 Å². The lowest BCUT2D eigenvalue weighted by Crippen LogP contribution is -2.27. The number of nitrogens with one attached hydrogen (secondary N) is 2. The lowest BCUT2D eigenvalue weighted by molar-refractivity contribution is 0.0953. The Morgan fingerprint density at radius 1 is 1.17 bits per heavy atom. The number of hydrogen-bond acceptors (Lipinski definition) is 4. The van der Waals surface area contributed by atoms with Crippen molar-refractivity contribution in [2.45, 2.75) is 24.8 Å². The van der Waals surface area contributed by atoms with Crippen LogP contribution in [0.15, 0.2) is 68.6 Å². The topological polar surface area (TPSA) is 88.4 Å². The first-order valence-corrected chi connectivity index (χ1v) is 11.4. The van der Waals surface area contributed by atoms with E-state index in [1.807, 2.05) is 0 Å². The third-order valence-corrected chi connectivity index (χ3v) is 6.47. The van der Waals surface area contributed by atoms with Gasteiger partial charge in [-0.25, -0.2) is 17.5 Å². The van der Waals surface area contributed by atoms with Gasteiger partial charge in [-0.05, 0) is 76.8 Å². The Kier molecular flexibility index (Phi) is 7.06. The van der Waals surface area contributed by atoms with E-state index in [0.29, 0.717) is 28.8 Å². The fourth-order valence-corrected chi connectivity index (χ4v) is 4.23. The Balaban J connectivity index is 1.66. The molecule has 2 aromatic carbocycles. The number of furan rings is 1. The van der Waals surface area contributed by atoms with Gasteiger partial charge < -0.3 is 9.73 Å². The summed E-state index contributed by atoms with van der Waals surface area (Å²) >= 11 is 3.13. The summed E-state index contributed by atoms with van der Waals surface area (Å²) in [5.74, 6) is -0.245. The van der Waals surface area contributed by atoms with Crippen molar-refractivity contribution in [2.75, 3.05) is 6.54 Å². The lowest BCUT2D eigenvalue weighted by Gasteiger charge is -2.11. The van der Waals surface area contributed by atoms with Crippen molar-refractivity contribution >= 4 is 31.9 Å². The number of rotatable bonds is 8. The average Bonchev–Trinajstić information content (AvgIpc) is 3.23. The van der Waals surface area contributed by atoms with E-state index in [0.717, 1.165) is 5.56 Å². The summed E-state index contributed by atoms with van der Waals surface area (Å²) in [7, 11) is -3.81. The number of amides is 1. The molecule has 9 heteroatoms. The molecule has 0 saturated heterocycles. The van der Waals surface area contributed by atoms with Gasteiger partial charge in [-0.15, -0.1) is 0 Å². The van der Waals surface area contributed by atoms with Crippen LogP contribution in [-0.4, -0.2) is 20.9 Å². The number of sulfonamides is 1. The summed E-state index contributed by atoms with van der Waals surface area (Å²) in [6, 6.07) is 12.4. The first kappa shape index (κ1) is 22.2. The highest BCUT2D eigenvalue weighted by atomic mass is 79.9. The maximum atomic E-state index is 13.3. The summed E-state index contributed by atoms with van der Waals surface area (Å²) in [5.41, 5.74) is 1.79. The van der Waals surface area contributed by atoms with Crippen molar-refractivity contribution < 1.29 is 22.0 Å². The highest BCUT2D eigenvalue weighted by Crippen LogP contribution is 2.18. The second-order valence-corrected chi connectivity index (χ2v) is 9.26. The van der Waals surface area contributed by atoms with Crippen LogP contribution < -0.4 is 10.0 Å². The van der Waals surface area contributed by atoms with Crippen LogP contribution in [0.4, 0.5) is 4.39 Å². The smallest absolute Gasteiger partial charge is 0.251 e. The second-order valence-electron chi connectivity index (χ2n) is 6.64. The summed E-state index contributed by atoms with van der Waals surface area (Å²) in [6.07, 6.45) is 1.97. The highest BCUT2D eigenvalue weighted by Gasteiger charge is 2.18. The standard InChI is InChI=1S/C21H20BrFN2O4S/c1-14-4-6-17(30(27,28)25-13-16-3-2-10-29-16)12-18(14)21(26)24-9-8-15-5-7-20(23)19(22)11-15/h2-7,10-12,25H,8-9,13H2,1H3,(H,24,26). The van der Waals surface area contributed by atoms with Gasteiger partial charge in [0.1, 0.15) is 11.6 Å². The molecule has 1 aromatic heterocycles. The van der Waals surface area contributed by atoms with Gasteiger partial charge in [0, 0.05) is 12.1 Å². The Morgan fingerprint density at radius 3 is 2.67 bits per heavy atom. The molecule has 0 aliphatic carbocycles. The SMILES string of the molecule is Cc1ccc(S(=O)(=O)NCc2ccco2)cc1C(=O)NCCc1ccc(F)c(Br)c1. The minimum Gasteiger partial charge on any atom is -0.468 e. The second kappa shape index (κ2) is 9.55. The number of hydrogen-bond donors (Lipinski definition) is 2. The van der Waals surface area contributed by atoms with E-state index in [9.17, 15) is 17.6 Å². The zero-order valence-electron chi connectivity index (χ0n) is 16.1. The molecule has 2 N–H and O–H groups in total. The monoisotopic (exact) mass is 494 g/mol. The third-order valence-electron chi connectivity index (χ3n) is 4.46. The van der Waals surface area contributed by atoms with Crippen LogP contribution in [0.25, 0.3) is 0 Å². The molecular formula is C21H20BrFN2O4S. The highest BCUT2D eigenvalue weighted by molar-refractivity contribution is 9.10. The Labute approximate surface area is 182 Å². The van der Waals surface area contributed by atoms with Crippen molar-refractivity contribution in [2.24, 2.45) is 0 Å². The maximum Gasteiger partial charge on any atom is 0.251 e. The van der Waals surface area contributed by atoms with E-state index in [-0.39, 0.29) is 28.7 Å². The number of carbonyl (C=O) groups excluding carboxylic acids is 1. The summed E-state index contributed by atoms with van der Waals surface area (Å²) in [4.78, 5) is 12.6. The Bertz CT molecular complexity index is 1150. The molecule has 0 aliphatic heterocycles. The van der Waals surface area contributed by atoms with E-state index in [1.165, 1.54) is 24.5 Å². The molecule has 0 radical (unpaired) electrons. The lowest BCUT2D eigenvalue weighted by atomic mass is 10.1. The van der Waals surface area contributed by atoms with Gasteiger partial charge in [0.05, 0.1) is 22.2 Å². The van der Waals surface area contributed by atoms with E-state index < -0.39 is 10.0 Å².